The van der Waals surface area contributed by atoms with E-state index in [0.717, 1.165) is 17.8 Å². The molecule has 0 atom stereocenters. The molecule has 6 heteroatoms. The lowest BCUT2D eigenvalue weighted by Crippen LogP contribution is -2.01. The van der Waals surface area contributed by atoms with E-state index in [4.69, 9.17) is 0 Å². The Balaban J connectivity index is 2.89. The van der Waals surface area contributed by atoms with E-state index in [1.165, 1.54) is 0 Å². The predicted molar refractivity (Wildman–Crippen MR) is 33.3 cm³/mol. The van der Waals surface area contributed by atoms with Crippen LogP contribution in [0.1, 0.15) is 5.76 Å². The minimum absolute atomic E-state index is 0.234. The quantitative estimate of drug-likeness (QED) is 0.625. The standard InChI is InChI=1S/C5H4F3NOS/c1-11-4-2-3(10-9-4)5(6,7)8/h2H,1H3. The zero-order valence-electron chi connectivity index (χ0n) is 5.47. The lowest BCUT2D eigenvalue weighted by atomic mass is 10.5. The minimum atomic E-state index is -4.43. The lowest BCUT2D eigenvalue weighted by Gasteiger charge is -1.96. The molecule has 0 aliphatic carbocycles. The van der Waals surface area contributed by atoms with Crippen molar-refractivity contribution in [2.45, 2.75) is 11.2 Å². The molecule has 1 heterocycles. The Bertz CT molecular complexity index is 244. The highest BCUT2D eigenvalue weighted by Crippen LogP contribution is 2.31. The lowest BCUT2D eigenvalue weighted by molar-refractivity contribution is -0.155. The highest BCUT2D eigenvalue weighted by molar-refractivity contribution is 7.98. The summed E-state index contributed by atoms with van der Waals surface area (Å²) in [4.78, 5) is 0. The third-order valence-electron chi connectivity index (χ3n) is 0.977. The fraction of sp³-hybridized carbons (Fsp3) is 0.400. The van der Waals surface area contributed by atoms with Crippen molar-refractivity contribution in [3.05, 3.63) is 11.8 Å². The van der Waals surface area contributed by atoms with Gasteiger partial charge >= 0.3 is 6.18 Å². The number of nitrogens with zero attached hydrogens (tertiary/aromatic N) is 1. The third-order valence-corrected chi connectivity index (χ3v) is 1.59. The summed E-state index contributed by atoms with van der Waals surface area (Å²) in [6.07, 6.45) is -2.81. The average molecular weight is 183 g/mol. The summed E-state index contributed by atoms with van der Waals surface area (Å²) in [5, 5.41) is 3.40. The van der Waals surface area contributed by atoms with E-state index in [-0.39, 0.29) is 5.03 Å². The number of hydrogen-bond acceptors (Lipinski definition) is 3. The van der Waals surface area contributed by atoms with Gasteiger partial charge in [-0.2, -0.15) is 13.2 Å². The highest BCUT2D eigenvalue weighted by atomic mass is 32.2. The van der Waals surface area contributed by atoms with Crippen LogP contribution in [0.15, 0.2) is 15.6 Å². The van der Waals surface area contributed by atoms with Gasteiger partial charge in [-0.05, 0) is 6.26 Å². The van der Waals surface area contributed by atoms with E-state index in [0.29, 0.717) is 0 Å². The number of alkyl halides is 3. The molecule has 0 amide bonds. The molecule has 2 nitrogen and oxygen atoms in total. The molecule has 0 fully saturated rings. The molecule has 0 aliphatic rings. The second kappa shape index (κ2) is 2.77. The Morgan fingerprint density at radius 1 is 1.55 bits per heavy atom. The van der Waals surface area contributed by atoms with Crippen molar-refractivity contribution in [1.29, 1.82) is 0 Å². The molecule has 11 heavy (non-hydrogen) atoms. The molecule has 1 aromatic heterocycles. The molecular formula is C5H4F3NOS. The molecule has 0 radical (unpaired) electrons. The maximum atomic E-state index is 11.8. The van der Waals surface area contributed by atoms with E-state index in [9.17, 15) is 13.2 Å². The number of halogens is 3. The van der Waals surface area contributed by atoms with Gasteiger partial charge in [-0.1, -0.05) is 5.16 Å². The van der Waals surface area contributed by atoms with E-state index < -0.39 is 11.9 Å². The maximum Gasteiger partial charge on any atom is 0.452 e. The first-order valence-corrected chi connectivity index (χ1v) is 3.84. The predicted octanol–water partition coefficient (Wildman–Crippen LogP) is 2.42. The Kier molecular flexibility index (Phi) is 2.12. The zero-order valence-corrected chi connectivity index (χ0v) is 6.29. The van der Waals surface area contributed by atoms with E-state index in [1.54, 1.807) is 6.26 Å². The number of aromatic nitrogens is 1. The van der Waals surface area contributed by atoms with Gasteiger partial charge in [-0.15, -0.1) is 11.8 Å². The summed E-state index contributed by atoms with van der Waals surface area (Å²) in [6, 6.07) is 0.866. The summed E-state index contributed by atoms with van der Waals surface area (Å²) in [5.74, 6) is -1.05. The summed E-state index contributed by atoms with van der Waals surface area (Å²) >= 11 is 1.10. The van der Waals surface area contributed by atoms with Crippen molar-refractivity contribution in [3.8, 4) is 0 Å². The SMILES string of the molecule is CSc1cc(C(F)(F)F)on1. The Morgan fingerprint density at radius 3 is 2.45 bits per heavy atom. The van der Waals surface area contributed by atoms with Crippen LogP contribution < -0.4 is 0 Å². The molecule has 0 saturated carbocycles. The molecule has 0 unspecified atom stereocenters. The molecule has 0 aliphatic heterocycles. The maximum absolute atomic E-state index is 11.8. The number of thioether (sulfide) groups is 1. The van der Waals surface area contributed by atoms with Gasteiger partial charge < -0.3 is 4.52 Å². The average Bonchev–Trinajstić information content (AvgIpc) is 2.32. The van der Waals surface area contributed by atoms with Gasteiger partial charge in [0.2, 0.25) is 5.76 Å². The van der Waals surface area contributed by atoms with Crippen LogP contribution >= 0.6 is 11.8 Å². The molecular weight excluding hydrogens is 179 g/mol. The first kappa shape index (κ1) is 8.45. The Labute approximate surface area is 64.7 Å². The van der Waals surface area contributed by atoms with Crippen LogP contribution in [0, 0.1) is 0 Å². The first-order chi connectivity index (χ1) is 5.04. The van der Waals surface area contributed by atoms with Crippen LogP contribution in [-0.2, 0) is 6.18 Å². The zero-order chi connectivity index (χ0) is 8.48. The monoisotopic (exact) mass is 183 g/mol. The van der Waals surface area contributed by atoms with Crippen molar-refractivity contribution in [2.24, 2.45) is 0 Å². The summed E-state index contributed by atoms with van der Waals surface area (Å²) in [6.45, 7) is 0. The van der Waals surface area contributed by atoms with Crippen LogP contribution in [-0.4, -0.2) is 11.4 Å². The van der Waals surface area contributed by atoms with Gasteiger partial charge in [-0.3, -0.25) is 0 Å². The van der Waals surface area contributed by atoms with Crippen molar-refractivity contribution in [3.63, 3.8) is 0 Å². The van der Waals surface area contributed by atoms with Crippen molar-refractivity contribution < 1.29 is 17.7 Å². The van der Waals surface area contributed by atoms with E-state index in [1.807, 2.05) is 0 Å². The smallest absolute Gasteiger partial charge is 0.351 e. The van der Waals surface area contributed by atoms with Gasteiger partial charge in [0, 0.05) is 6.07 Å². The summed E-state index contributed by atoms with van der Waals surface area (Å²) in [7, 11) is 0. The van der Waals surface area contributed by atoms with E-state index in [2.05, 4.69) is 9.68 Å². The highest BCUT2D eigenvalue weighted by Gasteiger charge is 2.35. The van der Waals surface area contributed by atoms with E-state index >= 15 is 0 Å². The third kappa shape index (κ3) is 1.89. The van der Waals surface area contributed by atoms with Crippen LogP contribution in [0.2, 0.25) is 0 Å². The van der Waals surface area contributed by atoms with Crippen molar-refractivity contribution in [2.75, 3.05) is 6.26 Å². The van der Waals surface area contributed by atoms with Crippen LogP contribution in [0.25, 0.3) is 0 Å². The molecule has 0 saturated heterocycles. The second-order valence-corrected chi connectivity index (χ2v) is 2.56. The number of hydrogen-bond donors (Lipinski definition) is 0. The first-order valence-electron chi connectivity index (χ1n) is 2.62. The van der Waals surface area contributed by atoms with Gasteiger partial charge in [-0.25, -0.2) is 0 Å². The molecule has 1 aromatic rings. The molecule has 0 bridgehead atoms. The molecule has 62 valence electrons. The van der Waals surface area contributed by atoms with Gasteiger partial charge in [0.1, 0.15) is 5.03 Å². The van der Waals surface area contributed by atoms with Crippen molar-refractivity contribution >= 4 is 11.8 Å². The molecule has 1 rings (SSSR count). The Morgan fingerprint density at radius 2 is 2.18 bits per heavy atom. The largest absolute Gasteiger partial charge is 0.452 e. The normalized spacial score (nSPS) is 12.0. The Hall–Kier alpha value is -0.650. The van der Waals surface area contributed by atoms with Gasteiger partial charge in [0.05, 0.1) is 0 Å². The fourth-order valence-electron chi connectivity index (χ4n) is 0.489. The van der Waals surface area contributed by atoms with Crippen LogP contribution in [0.4, 0.5) is 13.2 Å². The molecule has 0 spiro atoms. The summed E-state index contributed by atoms with van der Waals surface area (Å²) < 4.78 is 39.4. The number of rotatable bonds is 1. The molecule has 0 aromatic carbocycles. The fourth-order valence-corrected chi connectivity index (χ4v) is 0.825. The van der Waals surface area contributed by atoms with Crippen LogP contribution in [0.5, 0.6) is 0 Å². The topological polar surface area (TPSA) is 26.0 Å². The second-order valence-electron chi connectivity index (χ2n) is 1.73. The van der Waals surface area contributed by atoms with Crippen LogP contribution in [0.3, 0.4) is 0 Å². The van der Waals surface area contributed by atoms with Crippen molar-refractivity contribution in [1.82, 2.24) is 5.16 Å². The molecule has 0 N–H and O–H groups in total. The minimum Gasteiger partial charge on any atom is -0.351 e. The van der Waals surface area contributed by atoms with Gasteiger partial charge in [0.15, 0.2) is 0 Å². The summed E-state index contributed by atoms with van der Waals surface area (Å²) in [5.41, 5.74) is 0. The van der Waals surface area contributed by atoms with Gasteiger partial charge in [0.25, 0.3) is 0 Å².